The summed E-state index contributed by atoms with van der Waals surface area (Å²) in [5, 5.41) is 5.04. The molecule has 5 nitrogen and oxygen atoms in total. The Hall–Kier alpha value is -2.38. The van der Waals surface area contributed by atoms with Crippen LogP contribution < -0.4 is 5.14 Å². The third-order valence-electron chi connectivity index (χ3n) is 4.15. The molecule has 0 spiro atoms. The molecule has 0 saturated carbocycles. The van der Waals surface area contributed by atoms with Crippen LogP contribution in [0.1, 0.15) is 16.8 Å². The molecule has 0 radical (unpaired) electrons. The van der Waals surface area contributed by atoms with Crippen molar-refractivity contribution in [3.05, 3.63) is 71.3 Å². The highest BCUT2D eigenvalue weighted by molar-refractivity contribution is 7.89. The molecule has 3 rings (SSSR count). The number of dihydropyridines is 1. The molecule has 1 aliphatic heterocycles. The molecule has 7 heteroatoms. The van der Waals surface area contributed by atoms with Gasteiger partial charge in [-0.25, -0.2) is 17.9 Å². The van der Waals surface area contributed by atoms with Crippen LogP contribution in [0.15, 0.2) is 58.6 Å². The fraction of sp³-hybridized carbons (Fsp3) is 0.176. The molecule has 0 saturated heterocycles. The molecule has 124 valence electrons. The van der Waals surface area contributed by atoms with Gasteiger partial charge in [-0.1, -0.05) is 18.2 Å². The van der Waals surface area contributed by atoms with Crippen molar-refractivity contribution in [3.8, 4) is 0 Å². The Bertz CT molecular complexity index is 954. The lowest BCUT2D eigenvalue weighted by molar-refractivity contribution is 0.560. The second kappa shape index (κ2) is 5.92. The van der Waals surface area contributed by atoms with E-state index in [9.17, 15) is 12.8 Å². The minimum absolute atomic E-state index is 0.379. The van der Waals surface area contributed by atoms with Crippen LogP contribution in [-0.4, -0.2) is 26.2 Å². The summed E-state index contributed by atoms with van der Waals surface area (Å²) < 4.78 is 37.2. The number of nitrogens with zero attached hydrogens (tertiary/aromatic N) is 2. The summed E-state index contributed by atoms with van der Waals surface area (Å²) in [6.07, 6.45) is 7.09. The first-order valence-corrected chi connectivity index (χ1v) is 8.82. The number of aryl methyl sites for hydroxylation is 1. The van der Waals surface area contributed by atoms with E-state index >= 15 is 0 Å². The lowest BCUT2D eigenvalue weighted by atomic mass is 9.73. The van der Waals surface area contributed by atoms with E-state index in [0.29, 0.717) is 12.1 Å². The van der Waals surface area contributed by atoms with Crippen molar-refractivity contribution < 1.29 is 12.8 Å². The Morgan fingerprint density at radius 2 is 2.08 bits per heavy atom. The van der Waals surface area contributed by atoms with E-state index in [1.54, 1.807) is 24.6 Å². The van der Waals surface area contributed by atoms with E-state index in [2.05, 4.69) is 9.98 Å². The molecule has 2 aromatic rings. The monoisotopic (exact) mass is 345 g/mol. The van der Waals surface area contributed by atoms with Gasteiger partial charge in [0.25, 0.3) is 0 Å². The lowest BCUT2D eigenvalue weighted by Crippen LogP contribution is -2.32. The second-order valence-electron chi connectivity index (χ2n) is 5.65. The van der Waals surface area contributed by atoms with Crippen LogP contribution in [0.2, 0.25) is 0 Å². The molecule has 0 bridgehead atoms. The summed E-state index contributed by atoms with van der Waals surface area (Å²) in [6.45, 7) is 2.25. The maximum absolute atomic E-state index is 14.4. The molecule has 0 fully saturated rings. The Morgan fingerprint density at radius 3 is 2.67 bits per heavy atom. The largest absolute Gasteiger partial charge is 0.292 e. The predicted octanol–water partition coefficient (Wildman–Crippen LogP) is 2.10. The first-order valence-electron chi connectivity index (χ1n) is 7.27. The highest BCUT2D eigenvalue weighted by Crippen LogP contribution is 2.37. The van der Waals surface area contributed by atoms with Gasteiger partial charge in [-0.15, -0.1) is 0 Å². The number of sulfonamides is 1. The van der Waals surface area contributed by atoms with Crippen LogP contribution in [-0.2, 0) is 15.4 Å². The third-order valence-corrected chi connectivity index (χ3v) is 5.10. The van der Waals surface area contributed by atoms with Crippen molar-refractivity contribution in [2.45, 2.75) is 17.2 Å². The molecule has 1 unspecified atom stereocenters. The molecule has 24 heavy (non-hydrogen) atoms. The standard InChI is InChI=1S/C17H16FN3O2S/c1-12-14(4-2-9-21-12)17(7-3-8-20-11-17)13-5-6-16(15(18)10-13)24(19,22)23/h2-10H,11H2,1H3,(H2,19,22,23). The average Bonchev–Trinajstić information content (AvgIpc) is 2.54. The number of nitrogens with two attached hydrogens (primary N) is 1. The van der Waals surface area contributed by atoms with E-state index in [-0.39, 0.29) is 0 Å². The van der Waals surface area contributed by atoms with Crippen molar-refractivity contribution in [1.29, 1.82) is 0 Å². The van der Waals surface area contributed by atoms with E-state index in [4.69, 9.17) is 5.14 Å². The summed E-state index contributed by atoms with van der Waals surface area (Å²) in [6, 6.07) is 7.70. The van der Waals surface area contributed by atoms with Gasteiger partial charge >= 0.3 is 0 Å². The normalized spacial score (nSPS) is 20.3. The lowest BCUT2D eigenvalue weighted by Gasteiger charge is -2.33. The first-order chi connectivity index (χ1) is 11.3. The van der Waals surface area contributed by atoms with Crippen LogP contribution in [0.4, 0.5) is 4.39 Å². The van der Waals surface area contributed by atoms with E-state index < -0.39 is 26.2 Å². The zero-order chi connectivity index (χ0) is 17.4. The maximum Gasteiger partial charge on any atom is 0.240 e. The van der Waals surface area contributed by atoms with Crippen molar-refractivity contribution in [2.75, 3.05) is 6.54 Å². The van der Waals surface area contributed by atoms with Gasteiger partial charge in [0.15, 0.2) is 0 Å². The number of rotatable bonds is 3. The smallest absolute Gasteiger partial charge is 0.240 e. The molecule has 2 heterocycles. The summed E-state index contributed by atoms with van der Waals surface area (Å²) in [4.78, 5) is 8.11. The van der Waals surface area contributed by atoms with Crippen LogP contribution in [0.3, 0.4) is 0 Å². The number of halogens is 1. The number of allylic oxidation sites excluding steroid dienone is 1. The Balaban J connectivity index is 2.22. The molecule has 1 atom stereocenters. The van der Waals surface area contributed by atoms with Gasteiger partial charge in [-0.05, 0) is 42.3 Å². The number of primary sulfonamides is 1. The highest BCUT2D eigenvalue weighted by atomic mass is 32.2. The average molecular weight is 345 g/mol. The second-order valence-corrected chi connectivity index (χ2v) is 7.18. The van der Waals surface area contributed by atoms with Gasteiger partial charge in [0.2, 0.25) is 10.0 Å². The fourth-order valence-corrected chi connectivity index (χ4v) is 3.59. The quantitative estimate of drug-likeness (QED) is 0.924. The van der Waals surface area contributed by atoms with Gasteiger partial charge in [0, 0.05) is 18.1 Å². The number of pyridine rings is 1. The first kappa shape index (κ1) is 16.5. The summed E-state index contributed by atoms with van der Waals surface area (Å²) in [5.74, 6) is -0.876. The number of hydrogen-bond acceptors (Lipinski definition) is 4. The van der Waals surface area contributed by atoms with Crippen LogP contribution >= 0.6 is 0 Å². The van der Waals surface area contributed by atoms with Crippen molar-refractivity contribution in [1.82, 2.24) is 4.98 Å². The summed E-state index contributed by atoms with van der Waals surface area (Å²) >= 11 is 0. The molecular weight excluding hydrogens is 329 g/mol. The van der Waals surface area contributed by atoms with E-state index in [1.165, 1.54) is 12.1 Å². The number of aromatic nitrogens is 1. The minimum Gasteiger partial charge on any atom is -0.292 e. The molecule has 0 amide bonds. The van der Waals surface area contributed by atoms with E-state index in [1.807, 2.05) is 25.1 Å². The van der Waals surface area contributed by atoms with Gasteiger partial charge in [0.05, 0.1) is 12.0 Å². The van der Waals surface area contributed by atoms with Crippen LogP contribution in [0.25, 0.3) is 0 Å². The third kappa shape index (κ3) is 2.76. The SMILES string of the molecule is Cc1ncccc1C1(c2ccc(S(N)(=O)=O)c(F)c2)C=CC=NC1. The molecular formula is C17H16FN3O2S. The van der Waals surface area contributed by atoms with Gasteiger partial charge in [0.1, 0.15) is 10.7 Å². The number of aliphatic imine (C=N–C) groups is 1. The Morgan fingerprint density at radius 1 is 1.29 bits per heavy atom. The number of hydrogen-bond donors (Lipinski definition) is 1. The zero-order valence-electron chi connectivity index (χ0n) is 13.0. The van der Waals surface area contributed by atoms with Crippen LogP contribution in [0.5, 0.6) is 0 Å². The van der Waals surface area contributed by atoms with Gasteiger partial charge in [-0.3, -0.25) is 9.98 Å². The maximum atomic E-state index is 14.4. The molecule has 0 aliphatic carbocycles. The Kier molecular flexibility index (Phi) is 4.06. The predicted molar refractivity (Wildman–Crippen MR) is 90.0 cm³/mol. The van der Waals surface area contributed by atoms with Crippen LogP contribution in [0, 0.1) is 12.7 Å². The molecule has 2 N–H and O–H groups in total. The van der Waals surface area contributed by atoms with Gasteiger partial charge in [-0.2, -0.15) is 0 Å². The Labute approximate surface area is 139 Å². The van der Waals surface area contributed by atoms with Crippen molar-refractivity contribution in [3.63, 3.8) is 0 Å². The summed E-state index contributed by atoms with van der Waals surface area (Å²) in [7, 11) is -4.11. The highest BCUT2D eigenvalue weighted by Gasteiger charge is 2.35. The fourth-order valence-electron chi connectivity index (χ4n) is 3.00. The number of benzene rings is 1. The summed E-state index contributed by atoms with van der Waals surface area (Å²) in [5.41, 5.74) is 1.58. The molecule has 1 aliphatic rings. The molecule has 1 aromatic carbocycles. The topological polar surface area (TPSA) is 85.4 Å². The van der Waals surface area contributed by atoms with Crippen molar-refractivity contribution >= 4 is 16.2 Å². The molecule has 1 aromatic heterocycles. The van der Waals surface area contributed by atoms with E-state index in [0.717, 1.165) is 11.3 Å². The van der Waals surface area contributed by atoms with Crippen molar-refractivity contribution in [2.24, 2.45) is 10.1 Å². The minimum atomic E-state index is -4.11. The zero-order valence-corrected chi connectivity index (χ0v) is 13.8. The van der Waals surface area contributed by atoms with Gasteiger partial charge < -0.3 is 0 Å².